The molecule has 1 aliphatic carbocycles. The van der Waals surface area contributed by atoms with Gasteiger partial charge in [0.15, 0.2) is 17.3 Å². The van der Waals surface area contributed by atoms with Crippen LogP contribution in [0.15, 0.2) is 15.7 Å². The molecule has 1 aliphatic heterocycles. The van der Waals surface area contributed by atoms with Gasteiger partial charge < -0.3 is 10.6 Å². The molecule has 0 amide bonds. The summed E-state index contributed by atoms with van der Waals surface area (Å²) < 4.78 is 15.8. The molecule has 1 unspecified atom stereocenters. The van der Waals surface area contributed by atoms with Crippen LogP contribution in [-0.2, 0) is 0 Å². The Bertz CT molecular complexity index is 876. The largest absolute Gasteiger partial charge is 0.353 e. The number of hydrogen-bond acceptors (Lipinski definition) is 5. The monoisotopic (exact) mass is 341 g/mol. The zero-order valence-corrected chi connectivity index (χ0v) is 13.1. The Morgan fingerprint density at radius 1 is 1.30 bits per heavy atom. The second kappa shape index (κ2) is 5.61. The lowest BCUT2D eigenvalue weighted by Gasteiger charge is -2.18. The predicted octanol–water partition coefficient (Wildman–Crippen LogP) is 0.518. The van der Waals surface area contributed by atoms with Crippen molar-refractivity contribution in [3.05, 3.63) is 32.7 Å². The molecule has 1 saturated heterocycles. The van der Waals surface area contributed by atoms with Crippen molar-refractivity contribution in [1.82, 2.24) is 14.5 Å². The summed E-state index contributed by atoms with van der Waals surface area (Å²) in [5.41, 5.74) is 5.03. The highest BCUT2D eigenvalue weighted by Crippen LogP contribution is 2.35. The van der Waals surface area contributed by atoms with E-state index in [2.05, 4.69) is 9.97 Å². The molecule has 1 saturated carbocycles. The maximum Gasteiger partial charge on any atom is 0.330 e. The van der Waals surface area contributed by atoms with Crippen molar-refractivity contribution in [2.45, 2.75) is 31.3 Å². The number of nitrogens with one attached hydrogen (secondary N) is 1. The first-order chi connectivity index (χ1) is 10.5. The molecule has 0 bridgehead atoms. The fourth-order valence-electron chi connectivity index (χ4n) is 3.01. The van der Waals surface area contributed by atoms with Crippen LogP contribution in [0.3, 0.4) is 0 Å². The lowest BCUT2D eigenvalue weighted by molar-refractivity contribution is 0.614. The molecule has 1 atom stereocenters. The number of rotatable bonds is 2. The third-order valence-electron chi connectivity index (χ3n) is 4.29. The number of aromatic amines is 1. The molecular weight excluding hydrogens is 325 g/mol. The van der Waals surface area contributed by atoms with Gasteiger partial charge in [-0.3, -0.25) is 14.3 Å². The Balaban J connectivity index is 0.00000156. The highest BCUT2D eigenvalue weighted by molar-refractivity contribution is 5.85. The second-order valence-electron chi connectivity index (χ2n) is 6.02. The van der Waals surface area contributed by atoms with Crippen molar-refractivity contribution >= 4 is 29.3 Å². The minimum Gasteiger partial charge on any atom is -0.353 e. The molecule has 9 heteroatoms. The van der Waals surface area contributed by atoms with E-state index in [1.807, 2.05) is 0 Å². The molecule has 2 aromatic rings. The van der Waals surface area contributed by atoms with Crippen molar-refractivity contribution in [1.29, 1.82) is 0 Å². The quantitative estimate of drug-likeness (QED) is 0.830. The van der Waals surface area contributed by atoms with Gasteiger partial charge in [-0.25, -0.2) is 14.2 Å². The van der Waals surface area contributed by atoms with Gasteiger partial charge >= 0.3 is 5.69 Å². The Labute approximate surface area is 136 Å². The molecule has 23 heavy (non-hydrogen) atoms. The number of fused-ring (bicyclic) bond motifs is 1. The molecule has 4 rings (SSSR count). The van der Waals surface area contributed by atoms with Crippen molar-refractivity contribution in [3.8, 4) is 0 Å². The molecule has 2 fully saturated rings. The zero-order valence-electron chi connectivity index (χ0n) is 12.3. The first-order valence-corrected chi connectivity index (χ1v) is 7.40. The van der Waals surface area contributed by atoms with E-state index >= 15 is 0 Å². The van der Waals surface area contributed by atoms with Crippen molar-refractivity contribution in [2.75, 3.05) is 18.0 Å². The molecule has 0 aromatic carbocycles. The summed E-state index contributed by atoms with van der Waals surface area (Å²) in [6, 6.07) is 1.19. The van der Waals surface area contributed by atoms with E-state index in [0.717, 1.165) is 19.3 Å². The Morgan fingerprint density at radius 2 is 2.04 bits per heavy atom. The maximum absolute atomic E-state index is 14.3. The van der Waals surface area contributed by atoms with Crippen LogP contribution in [0, 0.1) is 5.82 Å². The second-order valence-corrected chi connectivity index (χ2v) is 6.02. The Hall–Kier alpha value is -1.93. The van der Waals surface area contributed by atoms with Gasteiger partial charge in [-0.15, -0.1) is 12.4 Å². The van der Waals surface area contributed by atoms with E-state index in [0.29, 0.717) is 13.1 Å². The number of anilines is 1. The van der Waals surface area contributed by atoms with Gasteiger partial charge in [-0.05, 0) is 25.3 Å². The van der Waals surface area contributed by atoms with Crippen molar-refractivity contribution in [3.63, 3.8) is 0 Å². The SMILES string of the molecule is Cl.NC1CCN(c2nc3c(cc2F)c(=O)[nH]c(=O)n3C2CC2)C1. The van der Waals surface area contributed by atoms with Crippen molar-refractivity contribution < 1.29 is 4.39 Å². The fourth-order valence-corrected chi connectivity index (χ4v) is 3.01. The third kappa shape index (κ3) is 2.61. The van der Waals surface area contributed by atoms with E-state index in [4.69, 9.17) is 5.73 Å². The summed E-state index contributed by atoms with van der Waals surface area (Å²) in [5, 5.41) is 0.108. The fraction of sp³-hybridized carbons (Fsp3) is 0.500. The van der Waals surface area contributed by atoms with Gasteiger partial charge in [-0.2, -0.15) is 0 Å². The molecule has 0 radical (unpaired) electrons. The number of pyridine rings is 1. The highest BCUT2D eigenvalue weighted by atomic mass is 35.5. The van der Waals surface area contributed by atoms with E-state index in [9.17, 15) is 14.0 Å². The van der Waals surface area contributed by atoms with Crippen LogP contribution in [0.2, 0.25) is 0 Å². The highest BCUT2D eigenvalue weighted by Gasteiger charge is 2.29. The molecule has 7 nitrogen and oxygen atoms in total. The van der Waals surface area contributed by atoms with E-state index in [-0.39, 0.29) is 41.3 Å². The molecule has 2 aromatic heterocycles. The van der Waals surface area contributed by atoms with Crippen LogP contribution >= 0.6 is 12.4 Å². The summed E-state index contributed by atoms with van der Waals surface area (Å²) in [4.78, 5) is 32.3. The van der Waals surface area contributed by atoms with Gasteiger partial charge in [0, 0.05) is 25.2 Å². The predicted molar refractivity (Wildman–Crippen MR) is 86.9 cm³/mol. The average Bonchev–Trinajstić information content (AvgIpc) is 3.20. The molecule has 0 spiro atoms. The Kier molecular flexibility index (Phi) is 3.89. The van der Waals surface area contributed by atoms with Crippen LogP contribution in [0.4, 0.5) is 10.2 Å². The molecule has 124 valence electrons. The minimum absolute atomic E-state index is 0. The minimum atomic E-state index is -0.604. The van der Waals surface area contributed by atoms with Gasteiger partial charge in [0.2, 0.25) is 0 Å². The maximum atomic E-state index is 14.3. The summed E-state index contributed by atoms with van der Waals surface area (Å²) in [7, 11) is 0. The summed E-state index contributed by atoms with van der Waals surface area (Å²) >= 11 is 0. The number of aromatic nitrogens is 3. The molecular formula is C14H17ClFN5O2. The van der Waals surface area contributed by atoms with E-state index in [1.54, 1.807) is 4.90 Å². The van der Waals surface area contributed by atoms with E-state index < -0.39 is 17.1 Å². The number of hydrogen-bond donors (Lipinski definition) is 2. The standard InChI is InChI=1S/C14H16FN5O2.ClH/c15-10-5-9-11(17-12(10)19-4-3-7(16)6-19)20(8-1-2-8)14(22)18-13(9)21;/h5,7-8H,1-4,6,16H2,(H,18,21,22);1H. The summed E-state index contributed by atoms with van der Waals surface area (Å²) in [6.07, 6.45) is 2.50. The third-order valence-corrected chi connectivity index (χ3v) is 4.29. The van der Waals surface area contributed by atoms with Crippen molar-refractivity contribution in [2.24, 2.45) is 5.73 Å². The van der Waals surface area contributed by atoms with E-state index in [1.165, 1.54) is 10.6 Å². The first-order valence-electron chi connectivity index (χ1n) is 7.40. The van der Waals surface area contributed by atoms with Gasteiger partial charge in [-0.1, -0.05) is 0 Å². The smallest absolute Gasteiger partial charge is 0.330 e. The Morgan fingerprint density at radius 3 is 2.65 bits per heavy atom. The average molecular weight is 342 g/mol. The number of halogens is 2. The van der Waals surface area contributed by atoms with Gasteiger partial charge in [0.1, 0.15) is 0 Å². The van der Waals surface area contributed by atoms with Gasteiger partial charge in [0.05, 0.1) is 5.39 Å². The normalized spacial score (nSPS) is 20.8. The van der Waals surface area contributed by atoms with Crippen LogP contribution in [0.1, 0.15) is 25.3 Å². The molecule has 2 aliphatic rings. The number of H-pyrrole nitrogens is 1. The number of nitrogens with zero attached hydrogens (tertiary/aromatic N) is 3. The molecule has 3 heterocycles. The lowest BCUT2D eigenvalue weighted by Crippen LogP contribution is -2.32. The first kappa shape index (κ1) is 15.9. The van der Waals surface area contributed by atoms with Crippen LogP contribution in [0.5, 0.6) is 0 Å². The van der Waals surface area contributed by atoms with Gasteiger partial charge in [0.25, 0.3) is 5.56 Å². The zero-order chi connectivity index (χ0) is 15.4. The van der Waals surface area contributed by atoms with Crippen LogP contribution in [-0.4, -0.2) is 33.7 Å². The summed E-state index contributed by atoms with van der Waals surface area (Å²) in [6.45, 7) is 1.14. The molecule has 3 N–H and O–H groups in total. The van der Waals surface area contributed by atoms with Crippen LogP contribution < -0.4 is 21.9 Å². The topological polar surface area (TPSA) is 97.0 Å². The lowest BCUT2D eigenvalue weighted by atomic mass is 10.3. The number of nitrogens with two attached hydrogens (primary N) is 1. The summed E-state index contributed by atoms with van der Waals surface area (Å²) in [5.74, 6) is -0.395. The van der Waals surface area contributed by atoms with Crippen LogP contribution in [0.25, 0.3) is 11.0 Å².